The lowest BCUT2D eigenvalue weighted by molar-refractivity contribution is -0.139. The molecule has 92 valence electrons. The van der Waals surface area contributed by atoms with Crippen LogP contribution in [0.15, 0.2) is 0 Å². The number of rotatable bonds is 5. The molecule has 6 nitrogen and oxygen atoms in total. The third-order valence-electron chi connectivity index (χ3n) is 2.96. The number of urea groups is 1. The highest BCUT2D eigenvalue weighted by Gasteiger charge is 2.28. The first kappa shape index (κ1) is 12.8. The predicted octanol–water partition coefficient (Wildman–Crippen LogP) is 0.0159. The Morgan fingerprint density at radius 2 is 2.12 bits per heavy atom. The topological polar surface area (TPSA) is 89.9 Å². The molecule has 6 heteroatoms. The number of aliphatic hydroxyl groups is 1. The SMILES string of the molecule is CN(C(=O)N[C@H](CCO)C(=O)O)C1CCC1. The Hall–Kier alpha value is -1.30. The van der Waals surface area contributed by atoms with E-state index in [1.165, 1.54) is 4.90 Å². The summed E-state index contributed by atoms with van der Waals surface area (Å²) in [6.07, 6.45) is 3.09. The summed E-state index contributed by atoms with van der Waals surface area (Å²) in [5.41, 5.74) is 0. The van der Waals surface area contributed by atoms with Gasteiger partial charge >= 0.3 is 12.0 Å². The van der Waals surface area contributed by atoms with Crippen molar-refractivity contribution in [3.05, 3.63) is 0 Å². The van der Waals surface area contributed by atoms with E-state index in [-0.39, 0.29) is 25.1 Å². The fourth-order valence-electron chi connectivity index (χ4n) is 1.58. The molecule has 1 saturated carbocycles. The Balaban J connectivity index is 2.43. The standard InChI is InChI=1S/C10H18N2O4/c1-12(7-3-2-4-7)10(16)11-8(5-6-13)9(14)15/h7-8,13H,2-6H2,1H3,(H,11,16)(H,14,15)/t8-/m1/s1. The molecule has 0 spiro atoms. The lowest BCUT2D eigenvalue weighted by Gasteiger charge is -2.35. The van der Waals surface area contributed by atoms with Gasteiger partial charge in [-0.2, -0.15) is 0 Å². The summed E-state index contributed by atoms with van der Waals surface area (Å²) in [6, 6.07) is -1.17. The zero-order chi connectivity index (χ0) is 12.1. The average molecular weight is 230 g/mol. The number of hydrogen-bond donors (Lipinski definition) is 3. The number of nitrogens with one attached hydrogen (secondary N) is 1. The van der Waals surface area contributed by atoms with E-state index in [2.05, 4.69) is 5.32 Å². The van der Waals surface area contributed by atoms with Gasteiger partial charge in [0.05, 0.1) is 0 Å². The van der Waals surface area contributed by atoms with Crippen molar-refractivity contribution in [2.45, 2.75) is 37.8 Å². The van der Waals surface area contributed by atoms with E-state index in [0.29, 0.717) is 0 Å². The van der Waals surface area contributed by atoms with E-state index < -0.39 is 12.0 Å². The number of hydrogen-bond acceptors (Lipinski definition) is 3. The van der Waals surface area contributed by atoms with Crippen LogP contribution in [0.25, 0.3) is 0 Å². The van der Waals surface area contributed by atoms with Crippen LogP contribution in [0.5, 0.6) is 0 Å². The third-order valence-corrected chi connectivity index (χ3v) is 2.96. The predicted molar refractivity (Wildman–Crippen MR) is 57.1 cm³/mol. The van der Waals surface area contributed by atoms with Crippen molar-refractivity contribution in [2.24, 2.45) is 0 Å². The van der Waals surface area contributed by atoms with Gasteiger partial charge in [0.1, 0.15) is 6.04 Å². The largest absolute Gasteiger partial charge is 0.480 e. The number of carboxylic acid groups (broad SMARTS) is 1. The van der Waals surface area contributed by atoms with Crippen LogP contribution in [-0.4, -0.2) is 52.9 Å². The molecule has 0 unspecified atom stereocenters. The molecule has 0 aliphatic heterocycles. The first-order chi connectivity index (χ1) is 7.56. The maximum absolute atomic E-state index is 11.6. The summed E-state index contributed by atoms with van der Waals surface area (Å²) < 4.78 is 0. The molecule has 2 amide bonds. The molecule has 0 radical (unpaired) electrons. The summed E-state index contributed by atoms with van der Waals surface area (Å²) in [4.78, 5) is 23.9. The Morgan fingerprint density at radius 1 is 1.50 bits per heavy atom. The monoisotopic (exact) mass is 230 g/mol. The van der Waals surface area contributed by atoms with Gasteiger partial charge < -0.3 is 20.4 Å². The lowest BCUT2D eigenvalue weighted by Crippen LogP contribution is -2.51. The van der Waals surface area contributed by atoms with Gasteiger partial charge in [0.25, 0.3) is 0 Å². The highest BCUT2D eigenvalue weighted by atomic mass is 16.4. The molecular formula is C10H18N2O4. The Bertz CT molecular complexity index is 266. The minimum absolute atomic E-state index is 0.0274. The number of aliphatic carboxylic acids is 1. The van der Waals surface area contributed by atoms with Crippen molar-refractivity contribution in [1.82, 2.24) is 10.2 Å². The van der Waals surface area contributed by atoms with E-state index in [4.69, 9.17) is 10.2 Å². The van der Waals surface area contributed by atoms with Crippen molar-refractivity contribution in [3.63, 3.8) is 0 Å². The minimum atomic E-state index is -1.12. The van der Waals surface area contributed by atoms with Crippen LogP contribution in [-0.2, 0) is 4.79 Å². The average Bonchev–Trinajstić information content (AvgIpc) is 2.13. The van der Waals surface area contributed by atoms with Gasteiger partial charge in [-0.15, -0.1) is 0 Å². The van der Waals surface area contributed by atoms with Gasteiger partial charge in [-0.3, -0.25) is 0 Å². The van der Waals surface area contributed by atoms with E-state index >= 15 is 0 Å². The molecule has 1 aliphatic carbocycles. The summed E-state index contributed by atoms with van der Waals surface area (Å²) in [5, 5.41) is 19.9. The van der Waals surface area contributed by atoms with Gasteiger partial charge in [-0.1, -0.05) is 0 Å². The normalized spacial score (nSPS) is 17.4. The minimum Gasteiger partial charge on any atom is -0.480 e. The van der Waals surface area contributed by atoms with Crippen molar-refractivity contribution < 1.29 is 19.8 Å². The maximum Gasteiger partial charge on any atom is 0.326 e. The molecule has 1 atom stereocenters. The fraction of sp³-hybridized carbons (Fsp3) is 0.800. The number of carbonyl (C=O) groups excluding carboxylic acids is 1. The first-order valence-corrected chi connectivity index (χ1v) is 5.43. The first-order valence-electron chi connectivity index (χ1n) is 5.43. The van der Waals surface area contributed by atoms with E-state index in [1.54, 1.807) is 7.05 Å². The molecule has 1 fully saturated rings. The van der Waals surface area contributed by atoms with Crippen LogP contribution >= 0.6 is 0 Å². The number of carbonyl (C=O) groups is 2. The molecule has 1 rings (SSSR count). The number of nitrogens with zero attached hydrogens (tertiary/aromatic N) is 1. The lowest BCUT2D eigenvalue weighted by atomic mass is 9.92. The quantitative estimate of drug-likeness (QED) is 0.621. The van der Waals surface area contributed by atoms with Crippen molar-refractivity contribution >= 4 is 12.0 Å². The number of aliphatic hydroxyl groups excluding tert-OH is 1. The van der Waals surface area contributed by atoms with E-state index in [9.17, 15) is 9.59 Å². The highest BCUT2D eigenvalue weighted by molar-refractivity contribution is 5.82. The zero-order valence-corrected chi connectivity index (χ0v) is 9.35. The highest BCUT2D eigenvalue weighted by Crippen LogP contribution is 2.23. The van der Waals surface area contributed by atoms with Gasteiger partial charge in [-0.25, -0.2) is 9.59 Å². The molecule has 0 heterocycles. The van der Waals surface area contributed by atoms with Gasteiger partial charge in [0.15, 0.2) is 0 Å². The summed E-state index contributed by atoms with van der Waals surface area (Å²) in [7, 11) is 1.66. The smallest absolute Gasteiger partial charge is 0.326 e. The third kappa shape index (κ3) is 3.10. The van der Waals surface area contributed by atoms with Crippen LogP contribution < -0.4 is 5.32 Å². The molecule has 1 aliphatic rings. The second-order valence-electron chi connectivity index (χ2n) is 4.05. The fourth-order valence-corrected chi connectivity index (χ4v) is 1.58. The van der Waals surface area contributed by atoms with Crippen molar-refractivity contribution in [3.8, 4) is 0 Å². The molecule has 0 aromatic heterocycles. The van der Waals surface area contributed by atoms with Gasteiger partial charge in [0, 0.05) is 26.1 Å². The molecule has 3 N–H and O–H groups in total. The summed E-state index contributed by atoms with van der Waals surface area (Å²) in [5.74, 6) is -1.12. The van der Waals surface area contributed by atoms with Crippen LogP contribution in [0, 0.1) is 0 Å². The van der Waals surface area contributed by atoms with Gasteiger partial charge in [0.2, 0.25) is 0 Å². The Labute approximate surface area is 94.2 Å². The Morgan fingerprint density at radius 3 is 2.50 bits per heavy atom. The van der Waals surface area contributed by atoms with Crippen LogP contribution in [0.2, 0.25) is 0 Å². The number of carboxylic acids is 1. The zero-order valence-electron chi connectivity index (χ0n) is 9.35. The van der Waals surface area contributed by atoms with E-state index in [0.717, 1.165) is 19.3 Å². The molecule has 0 bridgehead atoms. The van der Waals surface area contributed by atoms with Gasteiger partial charge in [-0.05, 0) is 19.3 Å². The van der Waals surface area contributed by atoms with Crippen molar-refractivity contribution in [1.29, 1.82) is 0 Å². The number of amides is 2. The summed E-state index contributed by atoms with van der Waals surface area (Å²) in [6.45, 7) is -0.260. The van der Waals surface area contributed by atoms with Crippen LogP contribution in [0.4, 0.5) is 4.79 Å². The second-order valence-corrected chi connectivity index (χ2v) is 4.05. The molecule has 0 saturated heterocycles. The van der Waals surface area contributed by atoms with E-state index in [1.807, 2.05) is 0 Å². The van der Waals surface area contributed by atoms with Crippen LogP contribution in [0.3, 0.4) is 0 Å². The second kappa shape index (κ2) is 5.69. The van der Waals surface area contributed by atoms with Crippen molar-refractivity contribution in [2.75, 3.05) is 13.7 Å². The molecule has 16 heavy (non-hydrogen) atoms. The molecular weight excluding hydrogens is 212 g/mol. The Kier molecular flexibility index (Phi) is 4.54. The molecule has 0 aromatic rings. The van der Waals surface area contributed by atoms with Crippen LogP contribution in [0.1, 0.15) is 25.7 Å². The maximum atomic E-state index is 11.6. The summed E-state index contributed by atoms with van der Waals surface area (Å²) >= 11 is 0. The molecule has 0 aromatic carbocycles.